The summed E-state index contributed by atoms with van der Waals surface area (Å²) in [6, 6.07) is 5.40. The van der Waals surface area contributed by atoms with Gasteiger partial charge in [0.15, 0.2) is 11.5 Å². The van der Waals surface area contributed by atoms with Crippen molar-refractivity contribution in [3.05, 3.63) is 23.8 Å². The van der Waals surface area contributed by atoms with Gasteiger partial charge in [-0.25, -0.2) is 0 Å². The van der Waals surface area contributed by atoms with Gasteiger partial charge in [-0.05, 0) is 49.8 Å². The van der Waals surface area contributed by atoms with E-state index >= 15 is 0 Å². The van der Waals surface area contributed by atoms with Gasteiger partial charge in [-0.3, -0.25) is 9.59 Å². The minimum absolute atomic E-state index is 0.0336. The number of fused-ring (bicyclic) bond motifs is 1. The molecular formula is C20H26N2O4. The van der Waals surface area contributed by atoms with Gasteiger partial charge < -0.3 is 20.1 Å². The van der Waals surface area contributed by atoms with Gasteiger partial charge in [0.1, 0.15) is 19.3 Å². The van der Waals surface area contributed by atoms with Gasteiger partial charge in [-0.1, -0.05) is 18.9 Å². The average molecular weight is 358 g/mol. The van der Waals surface area contributed by atoms with E-state index in [1.165, 1.54) is 0 Å². The Labute approximate surface area is 153 Å². The minimum atomic E-state index is -0.581. The van der Waals surface area contributed by atoms with E-state index in [1.807, 2.05) is 18.2 Å². The maximum Gasteiger partial charge on any atom is 0.242 e. The summed E-state index contributed by atoms with van der Waals surface area (Å²) in [5.74, 6) is 1.34. The molecule has 140 valence electrons. The Balaban J connectivity index is 1.59. The maximum atomic E-state index is 13.3. The second-order valence-electron chi connectivity index (χ2n) is 7.46. The second-order valence-corrected chi connectivity index (χ2v) is 7.46. The van der Waals surface area contributed by atoms with Gasteiger partial charge in [0.25, 0.3) is 0 Å². The molecule has 2 fully saturated rings. The molecule has 1 saturated carbocycles. The quantitative estimate of drug-likeness (QED) is 0.867. The molecular weight excluding hydrogens is 332 g/mol. The summed E-state index contributed by atoms with van der Waals surface area (Å²) in [4.78, 5) is 25.5. The Morgan fingerprint density at radius 3 is 2.65 bits per heavy atom. The van der Waals surface area contributed by atoms with E-state index in [1.54, 1.807) is 0 Å². The Morgan fingerprint density at radius 1 is 1.08 bits per heavy atom. The topological polar surface area (TPSA) is 76.7 Å². The van der Waals surface area contributed by atoms with Gasteiger partial charge >= 0.3 is 0 Å². The van der Waals surface area contributed by atoms with Crippen LogP contribution in [0.4, 0.5) is 0 Å². The first-order valence-electron chi connectivity index (χ1n) is 9.68. The summed E-state index contributed by atoms with van der Waals surface area (Å²) in [6.45, 7) is 1.77. The fraction of sp³-hybridized carbons (Fsp3) is 0.600. The molecule has 2 amide bonds. The third-order valence-electron chi connectivity index (χ3n) is 5.83. The zero-order valence-electron chi connectivity index (χ0n) is 15.0. The monoisotopic (exact) mass is 358 g/mol. The normalized spacial score (nSPS) is 24.5. The molecule has 0 spiro atoms. The Morgan fingerprint density at radius 2 is 1.85 bits per heavy atom. The first kappa shape index (κ1) is 17.2. The lowest BCUT2D eigenvalue weighted by molar-refractivity contribution is -0.132. The van der Waals surface area contributed by atoms with Crippen LogP contribution in [-0.2, 0) is 15.0 Å². The number of hydrogen-bond donors (Lipinski definition) is 2. The average Bonchev–Trinajstić information content (AvgIpc) is 3.09. The maximum absolute atomic E-state index is 13.3. The van der Waals surface area contributed by atoms with Gasteiger partial charge in [0, 0.05) is 6.54 Å². The van der Waals surface area contributed by atoms with Crippen molar-refractivity contribution in [1.82, 2.24) is 10.6 Å². The van der Waals surface area contributed by atoms with E-state index < -0.39 is 11.5 Å². The van der Waals surface area contributed by atoms with Crippen LogP contribution in [0.3, 0.4) is 0 Å². The van der Waals surface area contributed by atoms with Crippen LogP contribution in [-0.4, -0.2) is 37.6 Å². The Kier molecular flexibility index (Phi) is 4.74. The lowest BCUT2D eigenvalue weighted by atomic mass is 9.77. The van der Waals surface area contributed by atoms with E-state index in [0.29, 0.717) is 31.9 Å². The van der Waals surface area contributed by atoms with Crippen molar-refractivity contribution in [1.29, 1.82) is 0 Å². The third-order valence-corrected chi connectivity index (χ3v) is 5.83. The number of hydrogen-bond acceptors (Lipinski definition) is 4. The van der Waals surface area contributed by atoms with E-state index in [4.69, 9.17) is 9.47 Å². The molecule has 2 aliphatic heterocycles. The van der Waals surface area contributed by atoms with Crippen LogP contribution in [0.25, 0.3) is 0 Å². The number of ether oxygens (including phenoxy) is 2. The smallest absolute Gasteiger partial charge is 0.242 e. The Hall–Kier alpha value is -2.24. The van der Waals surface area contributed by atoms with E-state index in [0.717, 1.165) is 49.8 Å². The molecule has 0 unspecified atom stereocenters. The Bertz CT molecular complexity index is 697. The van der Waals surface area contributed by atoms with Crippen LogP contribution in [0.5, 0.6) is 11.5 Å². The van der Waals surface area contributed by atoms with Gasteiger partial charge in [-0.2, -0.15) is 0 Å². The number of rotatable bonds is 3. The number of carbonyl (C=O) groups excluding carboxylic acids is 2. The molecule has 1 aliphatic carbocycles. The van der Waals surface area contributed by atoms with Crippen molar-refractivity contribution in [3.8, 4) is 11.5 Å². The van der Waals surface area contributed by atoms with Crippen LogP contribution >= 0.6 is 0 Å². The predicted molar refractivity (Wildman–Crippen MR) is 96.4 cm³/mol. The van der Waals surface area contributed by atoms with E-state index in [-0.39, 0.29) is 11.8 Å². The summed E-state index contributed by atoms with van der Waals surface area (Å²) in [6.07, 6.45) is 6.23. The van der Waals surface area contributed by atoms with Crippen LogP contribution in [0, 0.1) is 0 Å². The van der Waals surface area contributed by atoms with Crippen molar-refractivity contribution < 1.29 is 19.1 Å². The van der Waals surface area contributed by atoms with Crippen molar-refractivity contribution in [2.75, 3.05) is 19.8 Å². The molecule has 2 N–H and O–H groups in total. The zero-order valence-corrected chi connectivity index (χ0v) is 15.0. The summed E-state index contributed by atoms with van der Waals surface area (Å²) >= 11 is 0. The molecule has 0 radical (unpaired) electrons. The highest BCUT2D eigenvalue weighted by atomic mass is 16.6. The van der Waals surface area contributed by atoms with Crippen molar-refractivity contribution in [3.63, 3.8) is 0 Å². The van der Waals surface area contributed by atoms with Crippen LogP contribution in [0.2, 0.25) is 0 Å². The molecule has 4 rings (SSSR count). The first-order valence-corrected chi connectivity index (χ1v) is 9.68. The van der Waals surface area contributed by atoms with Crippen molar-refractivity contribution in [2.45, 2.75) is 56.4 Å². The molecule has 1 saturated heterocycles. The molecule has 1 aromatic rings. The molecule has 6 heteroatoms. The molecule has 6 nitrogen and oxygen atoms in total. The number of amides is 2. The van der Waals surface area contributed by atoms with Gasteiger partial charge in [0.05, 0.1) is 5.41 Å². The van der Waals surface area contributed by atoms with Crippen LogP contribution in [0.15, 0.2) is 18.2 Å². The fourth-order valence-corrected chi connectivity index (χ4v) is 4.34. The predicted octanol–water partition coefficient (Wildman–Crippen LogP) is 2.05. The molecule has 0 aromatic heterocycles. The largest absolute Gasteiger partial charge is 0.486 e. The minimum Gasteiger partial charge on any atom is -0.486 e. The molecule has 26 heavy (non-hydrogen) atoms. The van der Waals surface area contributed by atoms with Gasteiger partial charge in [0.2, 0.25) is 11.8 Å². The molecule has 0 bridgehead atoms. The summed E-state index contributed by atoms with van der Waals surface area (Å²) < 4.78 is 11.3. The van der Waals surface area contributed by atoms with Crippen molar-refractivity contribution in [2.24, 2.45) is 0 Å². The number of carbonyl (C=O) groups is 2. The van der Waals surface area contributed by atoms with E-state index in [9.17, 15) is 9.59 Å². The molecule has 3 aliphatic rings. The highest BCUT2D eigenvalue weighted by Gasteiger charge is 2.44. The highest BCUT2D eigenvalue weighted by molar-refractivity contribution is 5.93. The number of nitrogens with one attached hydrogen (secondary N) is 2. The molecule has 1 aromatic carbocycles. The van der Waals surface area contributed by atoms with Gasteiger partial charge in [-0.15, -0.1) is 0 Å². The molecule has 2 heterocycles. The first-order chi connectivity index (χ1) is 12.7. The SMILES string of the molecule is O=C1NCCCC[C@H]1NC(=O)C1(c2ccc3c(c2)OCCO3)CCCC1. The lowest BCUT2D eigenvalue weighted by Crippen LogP contribution is -2.51. The highest BCUT2D eigenvalue weighted by Crippen LogP contribution is 2.44. The standard InChI is InChI=1S/C20H26N2O4/c23-18-15(5-1-4-10-21-18)22-19(24)20(8-2-3-9-20)14-6-7-16-17(13-14)26-12-11-25-16/h6-7,13,15H,1-5,8-12H2,(H,21,23)(H,22,24)/t15-/m1/s1. The fourth-order valence-electron chi connectivity index (χ4n) is 4.34. The lowest BCUT2D eigenvalue weighted by Gasteiger charge is -2.31. The zero-order chi connectivity index (χ0) is 18.0. The van der Waals surface area contributed by atoms with Crippen LogP contribution in [0.1, 0.15) is 50.5 Å². The van der Waals surface area contributed by atoms with Crippen LogP contribution < -0.4 is 20.1 Å². The van der Waals surface area contributed by atoms with E-state index in [2.05, 4.69) is 10.6 Å². The molecule has 1 atom stereocenters. The number of benzene rings is 1. The summed E-state index contributed by atoms with van der Waals surface area (Å²) in [5, 5.41) is 5.94. The summed E-state index contributed by atoms with van der Waals surface area (Å²) in [7, 11) is 0. The van der Waals surface area contributed by atoms with Crippen molar-refractivity contribution >= 4 is 11.8 Å². The summed E-state index contributed by atoms with van der Waals surface area (Å²) in [5.41, 5.74) is 0.383. The second kappa shape index (κ2) is 7.17. The third kappa shape index (κ3) is 3.13.